The van der Waals surface area contributed by atoms with Crippen LogP contribution in [-0.4, -0.2) is 14.4 Å². The SMILES string of the molecule is Fc1ccccc1NCc1cnc2cnc(Br)cn12. The van der Waals surface area contributed by atoms with E-state index in [2.05, 4.69) is 31.2 Å². The van der Waals surface area contributed by atoms with Crippen LogP contribution in [0.2, 0.25) is 0 Å². The van der Waals surface area contributed by atoms with E-state index in [9.17, 15) is 4.39 Å². The maximum Gasteiger partial charge on any atom is 0.155 e. The third-order valence-electron chi connectivity index (χ3n) is 2.77. The van der Waals surface area contributed by atoms with Crippen LogP contribution in [0.3, 0.4) is 0 Å². The molecule has 1 aromatic carbocycles. The molecule has 0 unspecified atom stereocenters. The van der Waals surface area contributed by atoms with Gasteiger partial charge in [0.1, 0.15) is 10.4 Å². The van der Waals surface area contributed by atoms with E-state index >= 15 is 0 Å². The summed E-state index contributed by atoms with van der Waals surface area (Å²) in [6, 6.07) is 6.59. The summed E-state index contributed by atoms with van der Waals surface area (Å²) in [7, 11) is 0. The van der Waals surface area contributed by atoms with E-state index in [1.807, 2.05) is 10.6 Å². The molecule has 0 spiro atoms. The van der Waals surface area contributed by atoms with Crippen molar-refractivity contribution in [3.05, 3.63) is 59.0 Å². The molecule has 0 bridgehead atoms. The molecule has 0 amide bonds. The number of fused-ring (bicyclic) bond motifs is 1. The highest BCUT2D eigenvalue weighted by Crippen LogP contribution is 2.15. The molecule has 0 fully saturated rings. The second-order valence-corrected chi connectivity index (χ2v) is 4.83. The minimum atomic E-state index is -0.265. The highest BCUT2D eigenvalue weighted by Gasteiger charge is 2.05. The van der Waals surface area contributed by atoms with Crippen LogP contribution in [-0.2, 0) is 6.54 Å². The molecule has 0 aliphatic rings. The summed E-state index contributed by atoms with van der Waals surface area (Å²) in [6.45, 7) is 0.485. The Morgan fingerprint density at radius 2 is 2.05 bits per heavy atom. The molecular weight excluding hydrogens is 311 g/mol. The van der Waals surface area contributed by atoms with Crippen molar-refractivity contribution in [3.8, 4) is 0 Å². The number of imidazole rings is 1. The number of nitrogens with zero attached hydrogens (tertiary/aromatic N) is 3. The van der Waals surface area contributed by atoms with E-state index in [1.165, 1.54) is 6.07 Å². The van der Waals surface area contributed by atoms with Crippen LogP contribution in [0.1, 0.15) is 5.69 Å². The van der Waals surface area contributed by atoms with Gasteiger partial charge in [0.2, 0.25) is 0 Å². The van der Waals surface area contributed by atoms with Crippen molar-refractivity contribution in [2.24, 2.45) is 0 Å². The van der Waals surface area contributed by atoms with Gasteiger partial charge in [-0.25, -0.2) is 14.4 Å². The van der Waals surface area contributed by atoms with E-state index < -0.39 is 0 Å². The zero-order chi connectivity index (χ0) is 13.2. The number of nitrogens with one attached hydrogen (secondary N) is 1. The number of anilines is 1. The zero-order valence-electron chi connectivity index (χ0n) is 9.85. The Hall–Kier alpha value is -1.95. The molecule has 19 heavy (non-hydrogen) atoms. The Morgan fingerprint density at radius 1 is 1.21 bits per heavy atom. The van der Waals surface area contributed by atoms with Crippen molar-refractivity contribution in [2.75, 3.05) is 5.32 Å². The Balaban J connectivity index is 1.86. The number of hydrogen-bond acceptors (Lipinski definition) is 3. The van der Waals surface area contributed by atoms with Crippen LogP contribution < -0.4 is 5.32 Å². The molecule has 2 aromatic heterocycles. The highest BCUT2D eigenvalue weighted by molar-refractivity contribution is 9.10. The molecular formula is C13H10BrFN4. The lowest BCUT2D eigenvalue weighted by Crippen LogP contribution is -2.04. The fourth-order valence-electron chi connectivity index (χ4n) is 1.84. The largest absolute Gasteiger partial charge is 0.377 e. The molecule has 0 radical (unpaired) electrons. The number of rotatable bonds is 3. The maximum atomic E-state index is 13.5. The normalized spacial score (nSPS) is 10.8. The first-order valence-corrected chi connectivity index (χ1v) is 6.49. The molecule has 0 saturated carbocycles. The quantitative estimate of drug-likeness (QED) is 0.805. The minimum absolute atomic E-state index is 0.265. The average molecular weight is 321 g/mol. The summed E-state index contributed by atoms with van der Waals surface area (Å²) >= 11 is 3.32. The van der Waals surface area contributed by atoms with Crippen LogP contribution in [0, 0.1) is 5.82 Å². The Kier molecular flexibility index (Phi) is 3.16. The van der Waals surface area contributed by atoms with Crippen LogP contribution in [0.25, 0.3) is 5.65 Å². The molecule has 1 N–H and O–H groups in total. The van der Waals surface area contributed by atoms with Gasteiger partial charge in [-0.05, 0) is 28.1 Å². The van der Waals surface area contributed by atoms with E-state index in [0.717, 1.165) is 15.9 Å². The first kappa shape index (κ1) is 12.1. The fourth-order valence-corrected chi connectivity index (χ4v) is 2.14. The van der Waals surface area contributed by atoms with Crippen LogP contribution >= 0.6 is 15.9 Å². The summed E-state index contributed by atoms with van der Waals surface area (Å²) in [5.74, 6) is -0.265. The molecule has 0 atom stereocenters. The topological polar surface area (TPSA) is 42.2 Å². The summed E-state index contributed by atoms with van der Waals surface area (Å²) in [5, 5.41) is 3.06. The molecule has 3 rings (SSSR count). The molecule has 4 nitrogen and oxygen atoms in total. The zero-order valence-corrected chi connectivity index (χ0v) is 11.4. The van der Waals surface area contributed by atoms with Gasteiger partial charge in [0.15, 0.2) is 5.65 Å². The predicted octanol–water partition coefficient (Wildman–Crippen LogP) is 3.24. The number of para-hydroxylation sites is 1. The predicted molar refractivity (Wildman–Crippen MR) is 74.4 cm³/mol. The van der Waals surface area contributed by atoms with Crippen molar-refractivity contribution < 1.29 is 4.39 Å². The molecule has 6 heteroatoms. The van der Waals surface area contributed by atoms with Crippen molar-refractivity contribution in [1.82, 2.24) is 14.4 Å². The van der Waals surface area contributed by atoms with Crippen LogP contribution in [0.5, 0.6) is 0 Å². The number of benzene rings is 1. The third kappa shape index (κ3) is 2.44. The van der Waals surface area contributed by atoms with Gasteiger partial charge in [0.05, 0.1) is 30.3 Å². The molecule has 96 valence electrons. The van der Waals surface area contributed by atoms with E-state index in [-0.39, 0.29) is 5.82 Å². The summed E-state index contributed by atoms with van der Waals surface area (Å²) < 4.78 is 16.1. The summed E-state index contributed by atoms with van der Waals surface area (Å²) in [6.07, 6.45) is 5.26. The average Bonchev–Trinajstić information content (AvgIpc) is 2.80. The lowest BCUT2D eigenvalue weighted by Gasteiger charge is -2.07. The van der Waals surface area contributed by atoms with Crippen molar-refractivity contribution in [1.29, 1.82) is 0 Å². The minimum Gasteiger partial charge on any atom is -0.377 e. The molecule has 0 saturated heterocycles. The van der Waals surface area contributed by atoms with E-state index in [0.29, 0.717) is 12.2 Å². The van der Waals surface area contributed by atoms with Crippen molar-refractivity contribution in [2.45, 2.75) is 6.54 Å². The second-order valence-electron chi connectivity index (χ2n) is 4.02. The Morgan fingerprint density at radius 3 is 2.89 bits per heavy atom. The smallest absolute Gasteiger partial charge is 0.155 e. The molecule has 2 heterocycles. The summed E-state index contributed by atoms with van der Waals surface area (Å²) in [4.78, 5) is 8.35. The van der Waals surface area contributed by atoms with Gasteiger partial charge in [-0.15, -0.1) is 0 Å². The van der Waals surface area contributed by atoms with Crippen molar-refractivity contribution >= 4 is 27.3 Å². The highest BCUT2D eigenvalue weighted by atomic mass is 79.9. The van der Waals surface area contributed by atoms with Gasteiger partial charge in [-0.2, -0.15) is 0 Å². The number of aromatic nitrogens is 3. The lowest BCUT2D eigenvalue weighted by atomic mass is 10.3. The monoisotopic (exact) mass is 320 g/mol. The van der Waals surface area contributed by atoms with Gasteiger partial charge < -0.3 is 5.32 Å². The van der Waals surface area contributed by atoms with Gasteiger partial charge in [-0.1, -0.05) is 12.1 Å². The van der Waals surface area contributed by atoms with Crippen LogP contribution in [0.4, 0.5) is 10.1 Å². The van der Waals surface area contributed by atoms with Gasteiger partial charge in [-0.3, -0.25) is 4.40 Å². The maximum absolute atomic E-state index is 13.5. The van der Waals surface area contributed by atoms with Gasteiger partial charge >= 0.3 is 0 Å². The first-order valence-electron chi connectivity index (χ1n) is 5.70. The molecule has 3 aromatic rings. The van der Waals surface area contributed by atoms with Crippen LogP contribution in [0.15, 0.2) is 47.5 Å². The third-order valence-corrected chi connectivity index (χ3v) is 3.18. The fraction of sp³-hybridized carbons (Fsp3) is 0.0769. The Labute approximate surface area is 117 Å². The van der Waals surface area contributed by atoms with E-state index in [4.69, 9.17) is 0 Å². The summed E-state index contributed by atoms with van der Waals surface area (Å²) in [5.41, 5.74) is 2.17. The van der Waals surface area contributed by atoms with E-state index in [1.54, 1.807) is 30.6 Å². The Bertz CT molecular complexity index is 725. The molecule has 0 aliphatic carbocycles. The lowest BCUT2D eigenvalue weighted by molar-refractivity contribution is 0.630. The second kappa shape index (κ2) is 4.97. The number of hydrogen-bond donors (Lipinski definition) is 1. The van der Waals surface area contributed by atoms with Gasteiger partial charge in [0, 0.05) is 6.20 Å². The first-order chi connectivity index (χ1) is 9.24. The standard InChI is InChI=1S/C13H10BrFN4/c14-12-8-19-9(6-18-13(19)7-17-12)5-16-11-4-2-1-3-10(11)15/h1-4,6-8,16H,5H2. The van der Waals surface area contributed by atoms with Crippen molar-refractivity contribution in [3.63, 3.8) is 0 Å². The number of halogens is 2. The van der Waals surface area contributed by atoms with Gasteiger partial charge in [0.25, 0.3) is 0 Å². The molecule has 0 aliphatic heterocycles.